The summed E-state index contributed by atoms with van der Waals surface area (Å²) in [7, 11) is 0. The van der Waals surface area contributed by atoms with Crippen molar-refractivity contribution in [2.24, 2.45) is 0 Å². The van der Waals surface area contributed by atoms with Crippen molar-refractivity contribution in [2.75, 3.05) is 0 Å². The molecule has 0 spiro atoms. The van der Waals surface area contributed by atoms with E-state index >= 15 is 0 Å². The van der Waals surface area contributed by atoms with Crippen LogP contribution in [0.2, 0.25) is 0 Å². The highest BCUT2D eigenvalue weighted by Gasteiger charge is 2.34. The number of hydrogen-bond acceptors (Lipinski definition) is 17. The van der Waals surface area contributed by atoms with Gasteiger partial charge in [-0.15, -0.1) is 4.98 Å². The minimum atomic E-state index is -4.48. The van der Waals surface area contributed by atoms with Gasteiger partial charge in [0.05, 0.1) is 42.3 Å². The van der Waals surface area contributed by atoms with Crippen molar-refractivity contribution in [2.45, 2.75) is 124 Å². The summed E-state index contributed by atoms with van der Waals surface area (Å²) in [6, 6.07) is 23.6. The number of ketones is 3. The van der Waals surface area contributed by atoms with E-state index in [9.17, 15) is 73.9 Å². The number of benzene rings is 4. The number of carbonyl (C=O) groups excluding carboxylic acids is 9. The first-order valence-corrected chi connectivity index (χ1v) is 35.8. The van der Waals surface area contributed by atoms with E-state index in [1.807, 2.05) is 39.0 Å². The molecule has 0 bridgehead atoms. The average molecular weight is 1570 g/mol. The molecule has 27 nitrogen and oxygen atoms in total. The van der Waals surface area contributed by atoms with Gasteiger partial charge < -0.3 is 36.7 Å². The highest BCUT2D eigenvalue weighted by molar-refractivity contribution is 6.02. The molecule has 12 aromatic rings. The second-order valence-electron chi connectivity index (χ2n) is 27.4. The lowest BCUT2D eigenvalue weighted by Gasteiger charge is -2.16. The molecule has 3 aliphatic carbocycles. The Morgan fingerprint density at radius 2 is 0.783 bits per heavy atom. The number of aromatic nitrogens is 11. The lowest BCUT2D eigenvalue weighted by molar-refractivity contribution is -0.137. The van der Waals surface area contributed by atoms with Crippen molar-refractivity contribution < 1.29 is 73.9 Å². The SMILES string of the molecule is CC(=O)c1ccc2c(c1C)CC[C@@H]2NC(=O)c1cc(C(=O)NCc2ccc(C(F)(F)F)cc2)nc2c(F)cnn12.CC(=O)c1ccc2c(c1C)CC[C@@H]2NC(=O)c1cc(C(=O)NCc2ccnc(F)c2)nc2c(F)cnn12.[C-]#[N+]c1cc(CNC(=O)c2cc(C(=O)N[C@H]3CCc4c3ccc(C(C)=O)c4C)n3ncc(F)c3n2)ccn1. The fourth-order valence-electron chi connectivity index (χ4n) is 14.4. The van der Waals surface area contributed by atoms with Crippen LogP contribution in [-0.2, 0) is 45.1 Å². The predicted octanol–water partition coefficient (Wildman–Crippen LogP) is 11.7. The number of halogens is 7. The molecule has 3 aliphatic rings. The molecule has 3 atom stereocenters. The van der Waals surface area contributed by atoms with E-state index in [4.69, 9.17) is 6.57 Å². The molecule has 6 N–H and O–H groups in total. The maximum atomic E-state index is 14.4. The van der Waals surface area contributed by atoms with Gasteiger partial charge in [0.15, 0.2) is 51.7 Å². The number of alkyl halides is 3. The number of rotatable bonds is 18. The summed E-state index contributed by atoms with van der Waals surface area (Å²) in [5, 5.41) is 28.3. The van der Waals surface area contributed by atoms with Crippen LogP contribution in [0.25, 0.3) is 21.8 Å². The lowest BCUT2D eigenvalue weighted by Crippen LogP contribution is -2.30. The highest BCUT2D eigenvalue weighted by atomic mass is 19.4. The van der Waals surface area contributed by atoms with Crippen molar-refractivity contribution >= 4 is 75.6 Å². The van der Waals surface area contributed by atoms with Crippen LogP contribution in [0, 0.1) is 50.7 Å². The molecule has 0 saturated carbocycles. The van der Waals surface area contributed by atoms with Gasteiger partial charge in [-0.05, 0) is 183 Å². The first kappa shape index (κ1) is 79.0. The van der Waals surface area contributed by atoms with E-state index < -0.39 is 70.6 Å². The van der Waals surface area contributed by atoms with Gasteiger partial charge in [0.25, 0.3) is 41.3 Å². The lowest BCUT2D eigenvalue weighted by atomic mass is 9.96. The van der Waals surface area contributed by atoms with E-state index in [-0.39, 0.29) is 112 Å². The van der Waals surface area contributed by atoms with Crippen molar-refractivity contribution in [3.8, 4) is 0 Å². The quantitative estimate of drug-likeness (QED) is 0.0201. The van der Waals surface area contributed by atoms with Crippen LogP contribution >= 0.6 is 0 Å². The van der Waals surface area contributed by atoms with Gasteiger partial charge in [0, 0.05) is 60.7 Å². The zero-order valence-electron chi connectivity index (χ0n) is 62.0. The molecule has 0 fully saturated rings. The molecule has 15 rings (SSSR count). The Kier molecular flexibility index (Phi) is 22.4. The normalized spacial score (nSPS) is 14.4. The molecule has 8 aromatic heterocycles. The van der Waals surface area contributed by atoms with Crippen LogP contribution in [0.1, 0.15) is 224 Å². The van der Waals surface area contributed by atoms with Crippen LogP contribution in [0.15, 0.2) is 134 Å². The summed E-state index contributed by atoms with van der Waals surface area (Å²) in [5.41, 5.74) is 9.35. The number of hydrogen-bond donors (Lipinski definition) is 6. The number of amides is 6. The van der Waals surface area contributed by atoms with Crippen molar-refractivity contribution in [1.29, 1.82) is 0 Å². The Hall–Kier alpha value is -14.1. The average Bonchev–Trinajstić information content (AvgIpc) is 1.62. The van der Waals surface area contributed by atoms with Gasteiger partial charge in [-0.25, -0.2) is 46.7 Å². The van der Waals surface area contributed by atoms with Gasteiger partial charge in [0.2, 0.25) is 5.95 Å². The van der Waals surface area contributed by atoms with Crippen LogP contribution in [0.4, 0.5) is 36.6 Å². The number of nitrogens with one attached hydrogen (secondary N) is 6. The zero-order valence-corrected chi connectivity index (χ0v) is 62.0. The maximum absolute atomic E-state index is 14.4. The number of fused-ring (bicyclic) bond motifs is 6. The van der Waals surface area contributed by atoms with Gasteiger partial charge in [0.1, 0.15) is 40.4 Å². The van der Waals surface area contributed by atoms with E-state index in [2.05, 4.69) is 77.0 Å². The van der Waals surface area contributed by atoms with Gasteiger partial charge in [-0.3, -0.25) is 43.2 Å². The minimum absolute atomic E-state index is 0.0146. The summed E-state index contributed by atoms with van der Waals surface area (Å²) in [5.74, 6) is -6.76. The molecule has 0 saturated heterocycles. The third-order valence-electron chi connectivity index (χ3n) is 20.2. The standard InChI is InChI=1S/C28H23F4N5O3.C27H22FN7O3.C26H22F2N6O3/c1-14-18(15(2)38)7-8-20-19(14)9-10-22(20)36-27(40)24-11-23(35-25-21(29)13-34-37(24)25)26(39)33-12-16-3-5-17(6-4-16)28(30,31)32;1-14-17(15(2)36)4-5-19-18(14)6-7-21(19)34-27(38)23-11-22(33-25-20(28)13-32-35(23)25)26(37)31-12-16-8-9-30-24(10-16)29-3;1-13-16(14(2)35)3-4-18-17(13)5-6-20(18)33-26(37)22-10-21(32-24-19(27)12-31-34(22)24)25(36)30-11-15-7-8-29-23(28)9-15/h3-8,11,13,22H,9-10,12H2,1-2H3,(H,33,39)(H,36,40);4-5,8-11,13,21H,6-7,12H2,1-2H3,(H,31,37)(H,34,38);3-4,7-10,12,20H,5-6,11H2,1-2H3,(H,30,36)(H,33,37)/t22-;21-;20-/m000/s1. The minimum Gasteiger partial charge on any atom is -0.361 e. The Balaban J connectivity index is 0.000000150. The summed E-state index contributed by atoms with van der Waals surface area (Å²) in [4.78, 5) is 137. The molecule has 8 heterocycles. The molecule has 584 valence electrons. The molecule has 6 amide bonds. The van der Waals surface area contributed by atoms with Gasteiger partial charge >= 0.3 is 6.18 Å². The van der Waals surface area contributed by atoms with Crippen molar-refractivity contribution in [3.63, 3.8) is 0 Å². The van der Waals surface area contributed by atoms with Crippen LogP contribution in [-0.4, -0.2) is 107 Å². The summed E-state index contributed by atoms with van der Waals surface area (Å²) in [6.07, 6.45) is 4.88. The Labute approximate surface area is 648 Å². The summed E-state index contributed by atoms with van der Waals surface area (Å²) >= 11 is 0. The third kappa shape index (κ3) is 16.6. The van der Waals surface area contributed by atoms with Crippen molar-refractivity contribution in [3.05, 3.63) is 292 Å². The smallest absolute Gasteiger partial charge is 0.361 e. The predicted molar refractivity (Wildman–Crippen MR) is 398 cm³/mol. The van der Waals surface area contributed by atoms with Crippen LogP contribution in [0.3, 0.4) is 0 Å². The van der Waals surface area contributed by atoms with E-state index in [1.54, 1.807) is 30.3 Å². The first-order valence-electron chi connectivity index (χ1n) is 35.8. The van der Waals surface area contributed by atoms with Crippen LogP contribution < -0.4 is 31.9 Å². The molecule has 0 unspecified atom stereocenters. The largest absolute Gasteiger partial charge is 0.416 e. The molecule has 0 radical (unpaired) electrons. The highest BCUT2D eigenvalue weighted by Crippen LogP contribution is 2.39. The van der Waals surface area contributed by atoms with Crippen molar-refractivity contribution in [1.82, 2.24) is 85.7 Å². The molecule has 115 heavy (non-hydrogen) atoms. The second-order valence-corrected chi connectivity index (χ2v) is 27.4. The third-order valence-corrected chi connectivity index (χ3v) is 20.2. The number of nitrogens with zero attached hydrogens (tertiary/aromatic N) is 12. The fourth-order valence-corrected chi connectivity index (χ4v) is 14.4. The topological polar surface area (TPSA) is 347 Å². The van der Waals surface area contributed by atoms with E-state index in [0.717, 1.165) is 94.3 Å². The molecular weight excluding hydrogens is 1500 g/mol. The Bertz CT molecular complexity index is 6070. The number of pyridine rings is 2. The molecule has 34 heteroatoms. The van der Waals surface area contributed by atoms with Gasteiger partial charge in [-0.2, -0.15) is 32.9 Å². The maximum Gasteiger partial charge on any atom is 0.416 e. The van der Waals surface area contributed by atoms with Crippen LogP contribution in [0.5, 0.6) is 0 Å². The Morgan fingerprint density at radius 1 is 0.443 bits per heavy atom. The monoisotopic (exact) mass is 1570 g/mol. The molecular formula is C81H67F7N18O9. The zero-order chi connectivity index (χ0) is 82.0. The van der Waals surface area contributed by atoms with E-state index in [1.165, 1.54) is 75.6 Å². The number of Topliss-reactive ketones (excluding diaryl/α,β-unsaturated/α-hetero) is 3. The summed E-state index contributed by atoms with van der Waals surface area (Å²) < 4.78 is 98.1. The first-order chi connectivity index (χ1) is 54.9. The molecule has 4 aromatic carbocycles. The number of carbonyl (C=O) groups is 9. The Morgan fingerprint density at radius 3 is 1.11 bits per heavy atom. The van der Waals surface area contributed by atoms with Gasteiger partial charge in [-0.1, -0.05) is 55.1 Å². The van der Waals surface area contributed by atoms with E-state index in [0.29, 0.717) is 71.9 Å². The second kappa shape index (κ2) is 32.7. The summed E-state index contributed by atoms with van der Waals surface area (Å²) in [6.45, 7) is 17.2. The fraction of sp³-hybridized carbons (Fsp3) is 0.235. The molecule has 0 aliphatic heterocycles.